The van der Waals surface area contributed by atoms with E-state index in [-0.39, 0.29) is 41.5 Å². The molecular formula is C21H28IN3O3S. The van der Waals surface area contributed by atoms with Gasteiger partial charge in [0.1, 0.15) is 0 Å². The van der Waals surface area contributed by atoms with Gasteiger partial charge in [0.2, 0.25) is 0 Å². The number of benzene rings is 2. The van der Waals surface area contributed by atoms with Crippen LogP contribution in [0.4, 0.5) is 0 Å². The van der Waals surface area contributed by atoms with Crippen LogP contribution in [0.3, 0.4) is 0 Å². The van der Waals surface area contributed by atoms with Crippen molar-refractivity contribution in [1.29, 1.82) is 0 Å². The first-order valence-corrected chi connectivity index (χ1v) is 11.2. The summed E-state index contributed by atoms with van der Waals surface area (Å²) in [5.41, 5.74) is 3.38. The van der Waals surface area contributed by atoms with Crippen molar-refractivity contribution in [2.24, 2.45) is 4.99 Å². The second kappa shape index (κ2) is 11.5. The average Bonchev–Trinajstić information content (AvgIpc) is 3.04. The van der Waals surface area contributed by atoms with Gasteiger partial charge in [-0.25, -0.2) is 8.42 Å². The van der Waals surface area contributed by atoms with Gasteiger partial charge in [0, 0.05) is 19.6 Å². The van der Waals surface area contributed by atoms with E-state index in [1.807, 2.05) is 36.4 Å². The summed E-state index contributed by atoms with van der Waals surface area (Å²) in [6.07, 6.45) is 0.622. The molecular weight excluding hydrogens is 501 g/mol. The summed E-state index contributed by atoms with van der Waals surface area (Å²) in [7, 11) is -1.22. The van der Waals surface area contributed by atoms with Gasteiger partial charge >= 0.3 is 0 Å². The lowest BCUT2D eigenvalue weighted by Gasteiger charge is -2.16. The summed E-state index contributed by atoms with van der Waals surface area (Å²) < 4.78 is 29.0. The highest BCUT2D eigenvalue weighted by molar-refractivity contribution is 14.0. The van der Waals surface area contributed by atoms with E-state index in [9.17, 15) is 8.42 Å². The Bertz CT molecular complexity index is 904. The van der Waals surface area contributed by atoms with Gasteiger partial charge in [-0.2, -0.15) is 0 Å². The Morgan fingerprint density at radius 1 is 1.07 bits per heavy atom. The molecule has 0 aliphatic carbocycles. The highest BCUT2D eigenvalue weighted by atomic mass is 127. The third kappa shape index (κ3) is 7.94. The number of ether oxygens (including phenoxy) is 1. The van der Waals surface area contributed by atoms with Crippen molar-refractivity contribution in [3.63, 3.8) is 0 Å². The molecule has 1 aliphatic heterocycles. The van der Waals surface area contributed by atoms with E-state index in [1.165, 1.54) is 0 Å². The lowest BCUT2D eigenvalue weighted by atomic mass is 10.1. The number of nitrogens with one attached hydrogen (secondary N) is 2. The van der Waals surface area contributed by atoms with Crippen molar-refractivity contribution in [3.8, 4) is 0 Å². The van der Waals surface area contributed by atoms with Crippen molar-refractivity contribution in [3.05, 3.63) is 71.3 Å². The molecule has 0 radical (unpaired) electrons. The first kappa shape index (κ1) is 23.6. The number of guanidine groups is 1. The van der Waals surface area contributed by atoms with Gasteiger partial charge in [-0.05, 0) is 23.1 Å². The maximum Gasteiger partial charge on any atom is 0.191 e. The van der Waals surface area contributed by atoms with Gasteiger partial charge in [0.15, 0.2) is 15.8 Å². The smallest absolute Gasteiger partial charge is 0.191 e. The summed E-state index contributed by atoms with van der Waals surface area (Å²) in [6, 6.07) is 18.2. The minimum Gasteiger partial charge on any atom is -0.372 e. The molecule has 29 heavy (non-hydrogen) atoms. The van der Waals surface area contributed by atoms with Crippen LogP contribution in [0.1, 0.15) is 23.1 Å². The van der Waals surface area contributed by atoms with Crippen molar-refractivity contribution in [2.75, 3.05) is 18.6 Å². The highest BCUT2D eigenvalue weighted by Crippen LogP contribution is 2.11. The van der Waals surface area contributed by atoms with Crippen molar-refractivity contribution < 1.29 is 13.2 Å². The first-order valence-electron chi connectivity index (χ1n) is 9.41. The molecule has 0 aromatic heterocycles. The van der Waals surface area contributed by atoms with Crippen molar-refractivity contribution >= 4 is 39.8 Å². The standard InChI is InChI=1S/C21H27N3O3S.HI/c1-22-21(24-20-10-11-28(25,26)16-20)23-13-18-8-5-9-19(12-18)15-27-14-17-6-3-2-4-7-17;/h2-9,12,20H,10-11,13-16H2,1H3,(H2,22,23,24);1H. The molecule has 2 N–H and O–H groups in total. The topological polar surface area (TPSA) is 79.8 Å². The number of hydrogen-bond acceptors (Lipinski definition) is 4. The molecule has 1 unspecified atom stereocenters. The molecule has 0 spiro atoms. The third-order valence-electron chi connectivity index (χ3n) is 4.63. The van der Waals surface area contributed by atoms with Gasteiger partial charge in [0.05, 0.1) is 24.7 Å². The van der Waals surface area contributed by atoms with Gasteiger partial charge in [-0.1, -0.05) is 54.6 Å². The fourth-order valence-electron chi connectivity index (χ4n) is 3.17. The molecule has 158 valence electrons. The van der Waals surface area contributed by atoms with E-state index >= 15 is 0 Å². The van der Waals surface area contributed by atoms with Crippen molar-refractivity contribution in [2.45, 2.75) is 32.2 Å². The lowest BCUT2D eigenvalue weighted by Crippen LogP contribution is -2.43. The maximum absolute atomic E-state index is 11.6. The van der Waals surface area contributed by atoms with E-state index in [4.69, 9.17) is 4.74 Å². The molecule has 0 saturated carbocycles. The van der Waals surface area contributed by atoms with E-state index in [2.05, 4.69) is 33.8 Å². The number of rotatable bonds is 7. The van der Waals surface area contributed by atoms with Crippen LogP contribution in [-0.4, -0.2) is 39.0 Å². The predicted molar refractivity (Wildman–Crippen MR) is 127 cm³/mol. The minimum atomic E-state index is -2.91. The van der Waals surface area contributed by atoms with Gasteiger partial charge in [0.25, 0.3) is 0 Å². The monoisotopic (exact) mass is 529 g/mol. The Labute approximate surface area is 190 Å². The van der Waals surface area contributed by atoms with Crippen LogP contribution >= 0.6 is 24.0 Å². The zero-order valence-corrected chi connectivity index (χ0v) is 19.7. The van der Waals surface area contributed by atoms with Gasteiger partial charge < -0.3 is 15.4 Å². The third-order valence-corrected chi connectivity index (χ3v) is 6.40. The molecule has 0 bridgehead atoms. The lowest BCUT2D eigenvalue weighted by molar-refractivity contribution is 0.107. The fourth-order valence-corrected chi connectivity index (χ4v) is 4.85. The fraction of sp³-hybridized carbons (Fsp3) is 0.381. The van der Waals surface area contributed by atoms with Crippen LogP contribution in [0.5, 0.6) is 0 Å². The Kier molecular flexibility index (Phi) is 9.38. The second-order valence-electron chi connectivity index (χ2n) is 6.97. The van der Waals surface area contributed by atoms with E-state index in [0.29, 0.717) is 32.1 Å². The Hall–Kier alpha value is -1.65. The molecule has 1 heterocycles. The molecule has 1 atom stereocenters. The molecule has 3 rings (SSSR count). The maximum atomic E-state index is 11.6. The predicted octanol–water partition coefficient (Wildman–Crippen LogP) is 2.87. The van der Waals surface area contributed by atoms with Crippen LogP contribution in [0.2, 0.25) is 0 Å². The summed E-state index contributed by atoms with van der Waals surface area (Å²) >= 11 is 0. The first-order chi connectivity index (χ1) is 13.5. The summed E-state index contributed by atoms with van der Waals surface area (Å²) in [4.78, 5) is 4.19. The molecule has 6 nitrogen and oxygen atoms in total. The normalized spacial score (nSPS) is 18.1. The van der Waals surface area contributed by atoms with Crippen LogP contribution in [0.25, 0.3) is 0 Å². The molecule has 2 aromatic rings. The SMILES string of the molecule is CN=C(NCc1cccc(COCc2ccccc2)c1)NC1CCS(=O)(=O)C1.I. The Balaban J connectivity index is 0.00000300. The molecule has 1 fully saturated rings. The van der Waals surface area contributed by atoms with E-state index in [1.54, 1.807) is 7.05 Å². The van der Waals surface area contributed by atoms with Crippen LogP contribution in [0.15, 0.2) is 59.6 Å². The Morgan fingerprint density at radius 2 is 1.76 bits per heavy atom. The van der Waals surface area contributed by atoms with E-state index < -0.39 is 9.84 Å². The number of hydrogen-bond donors (Lipinski definition) is 2. The Morgan fingerprint density at radius 3 is 2.45 bits per heavy atom. The highest BCUT2D eigenvalue weighted by Gasteiger charge is 2.28. The summed E-state index contributed by atoms with van der Waals surface area (Å²) in [5.74, 6) is 1.03. The molecule has 0 amide bonds. The van der Waals surface area contributed by atoms with Gasteiger partial charge in [-0.15, -0.1) is 24.0 Å². The van der Waals surface area contributed by atoms with Crippen molar-refractivity contribution in [1.82, 2.24) is 10.6 Å². The number of halogens is 1. The average molecular weight is 529 g/mol. The van der Waals surface area contributed by atoms with Crippen LogP contribution in [0, 0.1) is 0 Å². The summed E-state index contributed by atoms with van der Waals surface area (Å²) in [6.45, 7) is 1.74. The van der Waals surface area contributed by atoms with Crippen LogP contribution in [-0.2, 0) is 34.3 Å². The molecule has 1 saturated heterocycles. The summed E-state index contributed by atoms with van der Waals surface area (Å²) in [5, 5.41) is 6.45. The zero-order valence-electron chi connectivity index (χ0n) is 16.5. The molecule has 1 aliphatic rings. The molecule has 2 aromatic carbocycles. The van der Waals surface area contributed by atoms with E-state index in [0.717, 1.165) is 16.7 Å². The van der Waals surface area contributed by atoms with Crippen LogP contribution < -0.4 is 10.6 Å². The number of aliphatic imine (C=N–C) groups is 1. The minimum absolute atomic E-state index is 0. The zero-order chi connectivity index (χ0) is 19.8. The quantitative estimate of drug-likeness (QED) is 0.328. The number of nitrogens with zero attached hydrogens (tertiary/aromatic N) is 1. The van der Waals surface area contributed by atoms with Gasteiger partial charge in [-0.3, -0.25) is 4.99 Å². The second-order valence-corrected chi connectivity index (χ2v) is 9.20. The largest absolute Gasteiger partial charge is 0.372 e. The molecule has 8 heteroatoms. The number of sulfone groups is 1.